The Morgan fingerprint density at radius 1 is 0.222 bits per heavy atom. The standard InChI is InChI=1S/C16H14.2C15H13N.C12H12.2C11H11N.12C2H6/c1-3-12-13-8-4-5-9-14(13)15-10-6-7-11(2)16(12)15;1-3-11-12-6-4-5-7-13(12)14-9-16-8-10(2)15(11)14;1-3-11-12-6-4-5-7-13(12)15-14(11)10(2)8-9-16-15;1-3-10-7-8-11-6-4-5-9(2)12(10)11;1-3-9-4-5-10-7-12-6-8(2)11(9)10;1-3-9-4-5-10-11(9)8(2)6-7-12-10;12*1-2/h3-10H,1-2H3;2*3-9H,1-2H3;3-8H,1-2H3;2*3-7H,1-2H3;12*1-2H3/b12-3-;2*11-3-;10-3-;2*9-3-;;;;;;;;;;;;. The maximum absolute atomic E-state index is 4.52. The summed E-state index contributed by atoms with van der Waals surface area (Å²) in [6, 6.07) is 42.8. The van der Waals surface area contributed by atoms with Crippen LogP contribution in [0.1, 0.15) is 308 Å². The molecule has 0 amide bonds. The fourth-order valence-corrected chi connectivity index (χ4v) is 12.5. The van der Waals surface area contributed by atoms with E-state index < -0.39 is 0 Å². The topological polar surface area (TPSA) is 51.6 Å². The predicted molar refractivity (Wildman–Crippen MR) is 497 cm³/mol. The van der Waals surface area contributed by atoms with Crippen LogP contribution in [0.25, 0.3) is 85.2 Å². The minimum atomic E-state index is 1.10. The van der Waals surface area contributed by atoms with Crippen LogP contribution in [0.15, 0.2) is 213 Å². The van der Waals surface area contributed by atoms with Gasteiger partial charge in [-0.15, -0.1) is 0 Å². The molecule has 6 aliphatic carbocycles. The van der Waals surface area contributed by atoms with Crippen molar-refractivity contribution in [2.24, 2.45) is 0 Å². The molecular formula is C104H146N4. The van der Waals surface area contributed by atoms with Gasteiger partial charge < -0.3 is 0 Å². The SMILES string of the molecule is C/C=C1/C=Cc2cccc(C)c21.C/C=C1/C=Cc2cncc(C)c21.C/C=C1/C=Cc2nccc(C)c21.C/C=C1/c2ccccc2-c2cccc(C)c21.C/C=C1/c2ccccc2-c2cncc(C)c21.C/C=C1/c2ccccc2-c2nccc(C)c21.CC.CC.CC.CC.CC.CC.CC.CC.CC.CC.CC.CC. The Bertz CT molecular complexity index is 3870. The Morgan fingerprint density at radius 2 is 0.546 bits per heavy atom. The molecule has 4 aromatic heterocycles. The van der Waals surface area contributed by atoms with Gasteiger partial charge in [-0.25, -0.2) is 0 Å². The number of benzene rings is 5. The normalized spacial score (nSPS) is 13.0. The molecule has 0 fully saturated rings. The summed E-state index contributed by atoms with van der Waals surface area (Å²) in [5.41, 5.74) is 39.3. The lowest BCUT2D eigenvalue weighted by Gasteiger charge is -2.04. The van der Waals surface area contributed by atoms with E-state index in [0.29, 0.717) is 0 Å². The molecule has 0 saturated carbocycles. The van der Waals surface area contributed by atoms with Crippen molar-refractivity contribution in [1.29, 1.82) is 0 Å². The summed E-state index contributed by atoms with van der Waals surface area (Å²) in [5.74, 6) is 0. The van der Waals surface area contributed by atoms with E-state index >= 15 is 0 Å². The Labute approximate surface area is 663 Å². The molecule has 6 aliphatic rings. The zero-order valence-corrected chi connectivity index (χ0v) is 74.7. The van der Waals surface area contributed by atoms with Crippen molar-refractivity contribution in [3.63, 3.8) is 0 Å². The third-order valence-electron chi connectivity index (χ3n) is 16.5. The third-order valence-corrected chi connectivity index (χ3v) is 16.5. The summed E-state index contributed by atoms with van der Waals surface area (Å²) in [4.78, 5) is 17.3. The van der Waals surface area contributed by atoms with Crippen LogP contribution in [0, 0.1) is 41.5 Å². The number of fused-ring (bicyclic) bond motifs is 12. The lowest BCUT2D eigenvalue weighted by molar-refractivity contribution is 1.25. The molecule has 15 rings (SSSR count). The second kappa shape index (κ2) is 60.4. The maximum Gasteiger partial charge on any atom is 0.0789 e. The molecule has 9 aromatic rings. The van der Waals surface area contributed by atoms with Gasteiger partial charge in [0.25, 0.3) is 0 Å². The molecule has 582 valence electrons. The number of aryl methyl sites for hydroxylation is 6. The van der Waals surface area contributed by atoms with Crippen molar-refractivity contribution < 1.29 is 0 Å². The number of nitrogens with zero attached hydrogens (tertiary/aromatic N) is 4. The van der Waals surface area contributed by atoms with E-state index in [-0.39, 0.29) is 0 Å². The van der Waals surface area contributed by atoms with Crippen LogP contribution in [0.3, 0.4) is 0 Å². The molecule has 4 heteroatoms. The van der Waals surface area contributed by atoms with Gasteiger partial charge in [-0.1, -0.05) is 342 Å². The van der Waals surface area contributed by atoms with Crippen LogP contribution >= 0.6 is 0 Å². The summed E-state index contributed by atoms with van der Waals surface area (Å²) in [7, 11) is 0. The van der Waals surface area contributed by atoms with Gasteiger partial charge in [-0.2, -0.15) is 0 Å². The van der Waals surface area contributed by atoms with Crippen LogP contribution in [-0.4, -0.2) is 19.9 Å². The van der Waals surface area contributed by atoms with Gasteiger partial charge in [0.05, 0.1) is 11.4 Å². The van der Waals surface area contributed by atoms with Crippen LogP contribution < -0.4 is 0 Å². The Kier molecular flexibility index (Phi) is 57.3. The van der Waals surface area contributed by atoms with Gasteiger partial charge >= 0.3 is 0 Å². The quantitative estimate of drug-likeness (QED) is 0.152. The second-order valence-corrected chi connectivity index (χ2v) is 21.6. The largest absolute Gasteiger partial charge is 0.264 e. The Balaban J connectivity index is -0.00000116. The number of allylic oxidation sites excluding steroid dienone is 12. The van der Waals surface area contributed by atoms with E-state index in [2.05, 4.69) is 297 Å². The molecular weight excluding hydrogens is 1310 g/mol. The lowest BCUT2D eigenvalue weighted by Crippen LogP contribution is -1.88. The number of aromatic nitrogens is 4. The van der Waals surface area contributed by atoms with E-state index in [0.717, 1.165) is 11.4 Å². The molecule has 0 spiro atoms. The highest BCUT2D eigenvalue weighted by atomic mass is 14.7. The maximum atomic E-state index is 4.52. The van der Waals surface area contributed by atoms with Crippen LogP contribution in [-0.2, 0) is 0 Å². The number of hydrogen-bond donors (Lipinski definition) is 0. The lowest BCUT2D eigenvalue weighted by atomic mass is 9.99. The van der Waals surface area contributed by atoms with Crippen molar-refractivity contribution in [2.75, 3.05) is 0 Å². The van der Waals surface area contributed by atoms with Crippen molar-refractivity contribution in [3.8, 4) is 33.5 Å². The first-order valence-corrected chi connectivity index (χ1v) is 41.3. The summed E-state index contributed by atoms with van der Waals surface area (Å²) >= 11 is 0. The minimum absolute atomic E-state index is 1.10. The fraction of sp³-hybridized carbons (Fsp3) is 0.346. The summed E-state index contributed by atoms with van der Waals surface area (Å²) in [6.45, 7) is 73.4. The first-order chi connectivity index (χ1) is 53.0. The summed E-state index contributed by atoms with van der Waals surface area (Å²) in [6.07, 6.45) is 37.3. The summed E-state index contributed by atoms with van der Waals surface area (Å²) < 4.78 is 0. The molecule has 0 aliphatic heterocycles. The van der Waals surface area contributed by atoms with Gasteiger partial charge in [-0.05, 0) is 229 Å². The van der Waals surface area contributed by atoms with E-state index in [1.165, 1.54) is 156 Å². The highest BCUT2D eigenvalue weighted by Gasteiger charge is 2.27. The number of pyridine rings is 4. The molecule has 0 N–H and O–H groups in total. The first kappa shape index (κ1) is 103. The second-order valence-electron chi connectivity index (χ2n) is 21.6. The molecule has 4 nitrogen and oxygen atoms in total. The van der Waals surface area contributed by atoms with E-state index in [1.54, 1.807) is 0 Å². The van der Waals surface area contributed by atoms with Crippen molar-refractivity contribution in [2.45, 2.75) is 249 Å². The molecule has 5 aromatic carbocycles. The van der Waals surface area contributed by atoms with Crippen LogP contribution in [0.5, 0.6) is 0 Å². The van der Waals surface area contributed by atoms with Gasteiger partial charge in [0.2, 0.25) is 0 Å². The van der Waals surface area contributed by atoms with Gasteiger partial charge in [-0.3, -0.25) is 19.9 Å². The molecule has 0 unspecified atom stereocenters. The molecule has 0 saturated heterocycles. The monoisotopic (exact) mass is 1450 g/mol. The average molecular weight is 1450 g/mol. The molecule has 0 bridgehead atoms. The molecule has 0 atom stereocenters. The first-order valence-electron chi connectivity index (χ1n) is 41.3. The highest BCUT2D eigenvalue weighted by Crippen LogP contribution is 2.47. The highest BCUT2D eigenvalue weighted by molar-refractivity contribution is 6.04. The third kappa shape index (κ3) is 26.3. The van der Waals surface area contributed by atoms with Gasteiger partial charge in [0, 0.05) is 65.0 Å². The molecule has 108 heavy (non-hydrogen) atoms. The molecule has 0 radical (unpaired) electrons. The fourth-order valence-electron chi connectivity index (χ4n) is 12.5. The van der Waals surface area contributed by atoms with Crippen molar-refractivity contribution >= 4 is 51.7 Å². The average Bonchev–Trinajstić information content (AvgIpc) is 1.62. The van der Waals surface area contributed by atoms with Crippen molar-refractivity contribution in [1.82, 2.24) is 19.9 Å². The van der Waals surface area contributed by atoms with Crippen molar-refractivity contribution in [3.05, 3.63) is 313 Å². The zero-order chi connectivity index (χ0) is 83.0. The van der Waals surface area contributed by atoms with Gasteiger partial charge in [0.1, 0.15) is 0 Å². The summed E-state index contributed by atoms with van der Waals surface area (Å²) in [5, 5.41) is 0. The molecule has 4 heterocycles. The van der Waals surface area contributed by atoms with Crippen LogP contribution in [0.4, 0.5) is 0 Å². The Hall–Kier alpha value is -9.64. The number of hydrogen-bond acceptors (Lipinski definition) is 4. The number of rotatable bonds is 0. The smallest absolute Gasteiger partial charge is 0.0789 e. The predicted octanol–water partition coefficient (Wildman–Crippen LogP) is 33.5. The Morgan fingerprint density at radius 3 is 1.02 bits per heavy atom. The van der Waals surface area contributed by atoms with E-state index in [1.807, 2.05) is 203 Å². The van der Waals surface area contributed by atoms with E-state index in [4.69, 9.17) is 0 Å². The van der Waals surface area contributed by atoms with Crippen LogP contribution in [0.2, 0.25) is 0 Å². The minimum Gasteiger partial charge on any atom is -0.264 e. The zero-order valence-electron chi connectivity index (χ0n) is 74.7. The van der Waals surface area contributed by atoms with E-state index in [9.17, 15) is 0 Å². The van der Waals surface area contributed by atoms with Gasteiger partial charge in [0.15, 0.2) is 0 Å².